The summed E-state index contributed by atoms with van der Waals surface area (Å²) in [4.78, 5) is 26.1. The number of pyridine rings is 2. The smallest absolute Gasteiger partial charge is 0.260 e. The monoisotopic (exact) mass is 390 g/mol. The molecule has 0 N–H and O–H groups in total. The lowest BCUT2D eigenvalue weighted by molar-refractivity contribution is 0.748. The number of hydrogen-bond acceptors (Lipinski definition) is 4. The maximum Gasteiger partial charge on any atom is 0.260 e. The van der Waals surface area contributed by atoms with Crippen LogP contribution in [0.15, 0.2) is 53.6 Å². The lowest BCUT2D eigenvalue weighted by Gasteiger charge is -2.12. The zero-order chi connectivity index (χ0) is 19.8. The molecule has 0 saturated carbocycles. The minimum atomic E-state index is -0.111. The summed E-state index contributed by atoms with van der Waals surface area (Å²) < 4.78 is 1.66. The Kier molecular flexibility index (Phi) is 4.69. The van der Waals surface area contributed by atoms with Crippen LogP contribution < -0.4 is 5.56 Å². The molecule has 3 aromatic heterocycles. The summed E-state index contributed by atoms with van der Waals surface area (Å²) in [5.74, 6) is 0.635. The van der Waals surface area contributed by atoms with Crippen molar-refractivity contribution < 1.29 is 0 Å². The van der Waals surface area contributed by atoms with Gasteiger partial charge in [0.05, 0.1) is 0 Å². The maximum absolute atomic E-state index is 13.1. The molecule has 3 heterocycles. The third-order valence-corrected chi connectivity index (χ3v) is 5.08. The molecule has 28 heavy (non-hydrogen) atoms. The van der Waals surface area contributed by atoms with E-state index in [1.165, 1.54) is 0 Å². The van der Waals surface area contributed by atoms with E-state index in [0.717, 1.165) is 22.2 Å². The standard InChI is InChI=1S/C22H19ClN4O/c1-4-27-21-17(12-25-14(3)26-21)9-19(22(27)28)18-8-7-15(10-20(18)23)16-6-5-13(2)24-11-16/h5-12H,4H2,1-3H3. The van der Waals surface area contributed by atoms with Crippen molar-refractivity contribution in [3.05, 3.63) is 75.7 Å². The first-order valence-electron chi connectivity index (χ1n) is 9.08. The van der Waals surface area contributed by atoms with E-state index in [-0.39, 0.29) is 5.56 Å². The molecule has 0 fully saturated rings. The molecule has 0 saturated heterocycles. The van der Waals surface area contributed by atoms with E-state index in [0.29, 0.717) is 34.2 Å². The second-order valence-electron chi connectivity index (χ2n) is 6.69. The number of aromatic nitrogens is 4. The molecular formula is C22H19ClN4O. The van der Waals surface area contributed by atoms with Crippen LogP contribution in [0.5, 0.6) is 0 Å². The molecule has 0 atom stereocenters. The summed E-state index contributed by atoms with van der Waals surface area (Å²) in [6, 6.07) is 11.5. The van der Waals surface area contributed by atoms with Gasteiger partial charge in [0.1, 0.15) is 11.5 Å². The van der Waals surface area contributed by atoms with E-state index in [9.17, 15) is 4.79 Å². The van der Waals surface area contributed by atoms with Crippen LogP contribution in [0.4, 0.5) is 0 Å². The number of fused-ring (bicyclic) bond motifs is 1. The molecule has 0 amide bonds. The van der Waals surface area contributed by atoms with Gasteiger partial charge >= 0.3 is 0 Å². The van der Waals surface area contributed by atoms with E-state index in [1.807, 2.05) is 63.4 Å². The summed E-state index contributed by atoms with van der Waals surface area (Å²) in [5, 5.41) is 1.33. The van der Waals surface area contributed by atoms with E-state index in [2.05, 4.69) is 15.0 Å². The molecule has 0 aliphatic carbocycles. The molecule has 0 bridgehead atoms. The van der Waals surface area contributed by atoms with Gasteiger partial charge < -0.3 is 0 Å². The quantitative estimate of drug-likeness (QED) is 0.503. The van der Waals surface area contributed by atoms with Gasteiger partial charge in [0.2, 0.25) is 0 Å². The Morgan fingerprint density at radius 3 is 2.43 bits per heavy atom. The van der Waals surface area contributed by atoms with Gasteiger partial charge in [-0.3, -0.25) is 14.3 Å². The summed E-state index contributed by atoms with van der Waals surface area (Å²) in [6.07, 6.45) is 3.56. The highest BCUT2D eigenvalue weighted by Crippen LogP contribution is 2.31. The maximum atomic E-state index is 13.1. The Balaban J connectivity index is 1.88. The predicted molar refractivity (Wildman–Crippen MR) is 113 cm³/mol. The lowest BCUT2D eigenvalue weighted by atomic mass is 10.0. The molecular weight excluding hydrogens is 372 g/mol. The van der Waals surface area contributed by atoms with Crippen molar-refractivity contribution in [2.75, 3.05) is 0 Å². The summed E-state index contributed by atoms with van der Waals surface area (Å²) in [7, 11) is 0. The third kappa shape index (κ3) is 3.18. The van der Waals surface area contributed by atoms with Gasteiger partial charge in [-0.2, -0.15) is 0 Å². The third-order valence-electron chi connectivity index (χ3n) is 4.77. The van der Waals surface area contributed by atoms with Crippen LogP contribution in [-0.2, 0) is 6.54 Å². The predicted octanol–water partition coefficient (Wildman–Crippen LogP) is 4.81. The molecule has 0 spiro atoms. The lowest BCUT2D eigenvalue weighted by Crippen LogP contribution is -2.22. The van der Waals surface area contributed by atoms with Crippen molar-refractivity contribution >= 4 is 22.6 Å². The number of nitrogens with zero attached hydrogens (tertiary/aromatic N) is 4. The Bertz CT molecular complexity index is 1250. The average molecular weight is 391 g/mol. The molecule has 4 aromatic rings. The van der Waals surface area contributed by atoms with E-state index in [4.69, 9.17) is 11.6 Å². The van der Waals surface area contributed by atoms with Gasteiger partial charge in [0.15, 0.2) is 0 Å². The van der Waals surface area contributed by atoms with Crippen molar-refractivity contribution in [3.63, 3.8) is 0 Å². The second kappa shape index (κ2) is 7.17. The number of aryl methyl sites for hydroxylation is 3. The van der Waals surface area contributed by atoms with Crippen LogP contribution in [0.25, 0.3) is 33.3 Å². The minimum absolute atomic E-state index is 0.111. The van der Waals surface area contributed by atoms with Gasteiger partial charge in [-0.15, -0.1) is 0 Å². The van der Waals surface area contributed by atoms with Crippen molar-refractivity contribution in [3.8, 4) is 22.3 Å². The summed E-state index contributed by atoms with van der Waals surface area (Å²) >= 11 is 6.59. The number of hydrogen-bond donors (Lipinski definition) is 0. The van der Waals surface area contributed by atoms with Gasteiger partial charge in [0.25, 0.3) is 5.56 Å². The molecule has 0 radical (unpaired) electrons. The molecule has 0 aliphatic heterocycles. The number of benzene rings is 1. The molecule has 4 rings (SSSR count). The fraction of sp³-hybridized carbons (Fsp3) is 0.182. The molecule has 6 heteroatoms. The number of rotatable bonds is 3. The van der Waals surface area contributed by atoms with Crippen molar-refractivity contribution in [1.29, 1.82) is 0 Å². The Labute approximate surface area is 167 Å². The van der Waals surface area contributed by atoms with E-state index >= 15 is 0 Å². The van der Waals surface area contributed by atoms with Crippen LogP contribution >= 0.6 is 11.6 Å². The Morgan fingerprint density at radius 1 is 0.964 bits per heavy atom. The van der Waals surface area contributed by atoms with Crippen LogP contribution in [0.3, 0.4) is 0 Å². The average Bonchev–Trinajstić information content (AvgIpc) is 2.68. The highest BCUT2D eigenvalue weighted by molar-refractivity contribution is 6.33. The van der Waals surface area contributed by atoms with Gasteiger partial charge in [0, 0.05) is 51.7 Å². The first-order chi connectivity index (χ1) is 13.5. The highest BCUT2D eigenvalue weighted by atomic mass is 35.5. The fourth-order valence-electron chi connectivity index (χ4n) is 3.28. The molecule has 0 aliphatic rings. The fourth-order valence-corrected chi connectivity index (χ4v) is 3.56. The van der Waals surface area contributed by atoms with Gasteiger partial charge in [-0.25, -0.2) is 9.97 Å². The van der Waals surface area contributed by atoms with E-state index < -0.39 is 0 Å². The Hall–Kier alpha value is -3.05. The van der Waals surface area contributed by atoms with Gasteiger partial charge in [-0.05, 0) is 44.5 Å². The second-order valence-corrected chi connectivity index (χ2v) is 7.09. The summed E-state index contributed by atoms with van der Waals surface area (Å²) in [6.45, 7) is 6.21. The topological polar surface area (TPSA) is 60.7 Å². The first kappa shape index (κ1) is 18.3. The molecule has 0 unspecified atom stereocenters. The normalized spacial score (nSPS) is 11.1. The SMILES string of the molecule is CCn1c(=O)c(-c2ccc(-c3ccc(C)nc3)cc2Cl)cc2cnc(C)nc21. The highest BCUT2D eigenvalue weighted by Gasteiger charge is 2.15. The van der Waals surface area contributed by atoms with Crippen LogP contribution in [-0.4, -0.2) is 19.5 Å². The van der Waals surface area contributed by atoms with Gasteiger partial charge in [-0.1, -0.05) is 29.8 Å². The minimum Gasteiger partial charge on any atom is -0.292 e. The first-order valence-corrected chi connectivity index (χ1v) is 9.46. The van der Waals surface area contributed by atoms with Crippen molar-refractivity contribution in [2.45, 2.75) is 27.3 Å². The van der Waals surface area contributed by atoms with Crippen molar-refractivity contribution in [1.82, 2.24) is 19.5 Å². The zero-order valence-electron chi connectivity index (χ0n) is 15.9. The summed E-state index contributed by atoms with van der Waals surface area (Å²) in [5.41, 5.74) is 4.66. The molecule has 140 valence electrons. The van der Waals surface area contributed by atoms with Crippen LogP contribution in [0.2, 0.25) is 5.02 Å². The van der Waals surface area contributed by atoms with Crippen LogP contribution in [0, 0.1) is 13.8 Å². The largest absolute Gasteiger partial charge is 0.292 e. The Morgan fingerprint density at radius 2 is 1.75 bits per heavy atom. The molecule has 1 aromatic carbocycles. The van der Waals surface area contributed by atoms with E-state index in [1.54, 1.807) is 10.8 Å². The van der Waals surface area contributed by atoms with Crippen LogP contribution in [0.1, 0.15) is 18.4 Å². The van der Waals surface area contributed by atoms with Crippen molar-refractivity contribution in [2.24, 2.45) is 0 Å². The zero-order valence-corrected chi connectivity index (χ0v) is 16.7. The molecule has 5 nitrogen and oxygen atoms in total. The number of halogens is 1.